The molecule has 15 heavy (non-hydrogen) atoms. The Balaban J connectivity index is 4.35. The van der Waals surface area contributed by atoms with Crippen molar-refractivity contribution in [3.63, 3.8) is 0 Å². The monoisotopic (exact) mass is 216 g/mol. The van der Waals surface area contributed by atoms with Crippen molar-refractivity contribution in [2.24, 2.45) is 11.3 Å². The van der Waals surface area contributed by atoms with Crippen LogP contribution in [0.2, 0.25) is 0 Å². The molecule has 0 aliphatic heterocycles. The van der Waals surface area contributed by atoms with Gasteiger partial charge in [-0.15, -0.1) is 0 Å². The summed E-state index contributed by atoms with van der Waals surface area (Å²) in [5.74, 6) is 0.560. The van der Waals surface area contributed by atoms with E-state index in [0.29, 0.717) is 12.5 Å². The molecule has 3 unspecified atom stereocenters. The van der Waals surface area contributed by atoms with Gasteiger partial charge in [0.2, 0.25) is 0 Å². The zero-order valence-corrected chi connectivity index (χ0v) is 11.2. The molecule has 0 bridgehead atoms. The third-order valence-electron chi connectivity index (χ3n) is 2.89. The third kappa shape index (κ3) is 5.53. The van der Waals surface area contributed by atoms with Crippen LogP contribution in [0.4, 0.5) is 0 Å². The Hall–Kier alpha value is -0.0800. The van der Waals surface area contributed by atoms with Gasteiger partial charge in [-0.05, 0) is 24.7 Å². The average Bonchev–Trinajstić information content (AvgIpc) is 2.11. The molecule has 0 spiro atoms. The molecule has 3 atom stereocenters. The minimum atomic E-state index is -0.347. The normalized spacial score (nSPS) is 18.6. The van der Waals surface area contributed by atoms with Crippen LogP contribution in [0.3, 0.4) is 0 Å². The van der Waals surface area contributed by atoms with Gasteiger partial charge in [-0.3, -0.25) is 0 Å². The molecule has 0 aliphatic carbocycles. The SMILES string of the molecule is CCOC(C(O)CC(C)CC)C(C)(C)C. The fourth-order valence-corrected chi connectivity index (χ4v) is 1.82. The van der Waals surface area contributed by atoms with E-state index in [2.05, 4.69) is 34.6 Å². The fraction of sp³-hybridized carbons (Fsp3) is 1.00. The number of aliphatic hydroxyl groups is 1. The predicted octanol–water partition coefficient (Wildman–Crippen LogP) is 3.23. The summed E-state index contributed by atoms with van der Waals surface area (Å²) in [4.78, 5) is 0. The maximum atomic E-state index is 10.2. The lowest BCUT2D eigenvalue weighted by atomic mass is 9.82. The molecular formula is C13H28O2. The standard InChI is InChI=1S/C13H28O2/c1-7-10(3)9-11(14)12(15-8-2)13(4,5)6/h10-12,14H,7-9H2,1-6H3. The Kier molecular flexibility index (Phi) is 6.46. The highest BCUT2D eigenvalue weighted by molar-refractivity contribution is 4.82. The van der Waals surface area contributed by atoms with E-state index in [1.165, 1.54) is 0 Å². The summed E-state index contributed by atoms with van der Waals surface area (Å²) in [5, 5.41) is 10.2. The topological polar surface area (TPSA) is 29.5 Å². The summed E-state index contributed by atoms with van der Waals surface area (Å²) in [6.45, 7) is 13.3. The lowest BCUT2D eigenvalue weighted by molar-refractivity contribution is -0.0942. The molecule has 2 nitrogen and oxygen atoms in total. The number of aliphatic hydroxyl groups excluding tert-OH is 1. The molecule has 92 valence electrons. The van der Waals surface area contributed by atoms with Crippen molar-refractivity contribution in [2.75, 3.05) is 6.61 Å². The van der Waals surface area contributed by atoms with Crippen LogP contribution in [0.25, 0.3) is 0 Å². The molecular weight excluding hydrogens is 188 g/mol. The first kappa shape index (κ1) is 14.9. The Morgan fingerprint density at radius 1 is 1.20 bits per heavy atom. The van der Waals surface area contributed by atoms with E-state index in [0.717, 1.165) is 12.8 Å². The fourth-order valence-electron chi connectivity index (χ4n) is 1.82. The molecule has 1 N–H and O–H groups in total. The van der Waals surface area contributed by atoms with Crippen molar-refractivity contribution < 1.29 is 9.84 Å². The zero-order chi connectivity index (χ0) is 12.1. The first-order valence-electron chi connectivity index (χ1n) is 6.12. The summed E-state index contributed by atoms with van der Waals surface area (Å²) in [5.41, 5.74) is 0.00287. The van der Waals surface area contributed by atoms with Crippen molar-refractivity contribution >= 4 is 0 Å². The van der Waals surface area contributed by atoms with Crippen LogP contribution in [0, 0.1) is 11.3 Å². The second-order valence-corrected chi connectivity index (χ2v) is 5.56. The first-order valence-corrected chi connectivity index (χ1v) is 6.12. The van der Waals surface area contributed by atoms with Crippen molar-refractivity contribution in [1.82, 2.24) is 0 Å². The van der Waals surface area contributed by atoms with Gasteiger partial charge in [0.05, 0.1) is 12.2 Å². The maximum Gasteiger partial charge on any atom is 0.0881 e. The van der Waals surface area contributed by atoms with Crippen molar-refractivity contribution in [2.45, 2.75) is 66.6 Å². The number of rotatable bonds is 6. The van der Waals surface area contributed by atoms with Crippen LogP contribution in [0.5, 0.6) is 0 Å². The Labute approximate surface area is 95.0 Å². The minimum absolute atomic E-state index is 0.00287. The molecule has 0 radical (unpaired) electrons. The maximum absolute atomic E-state index is 10.2. The smallest absolute Gasteiger partial charge is 0.0881 e. The molecule has 0 aromatic heterocycles. The summed E-state index contributed by atoms with van der Waals surface area (Å²) >= 11 is 0. The highest BCUT2D eigenvalue weighted by atomic mass is 16.5. The average molecular weight is 216 g/mol. The van der Waals surface area contributed by atoms with E-state index in [1.807, 2.05) is 6.92 Å². The van der Waals surface area contributed by atoms with E-state index in [9.17, 15) is 5.11 Å². The minimum Gasteiger partial charge on any atom is -0.390 e. The summed E-state index contributed by atoms with van der Waals surface area (Å²) in [6, 6.07) is 0. The predicted molar refractivity (Wildman–Crippen MR) is 64.9 cm³/mol. The second-order valence-electron chi connectivity index (χ2n) is 5.56. The van der Waals surface area contributed by atoms with Crippen LogP contribution < -0.4 is 0 Å². The van der Waals surface area contributed by atoms with Gasteiger partial charge in [0, 0.05) is 6.61 Å². The van der Waals surface area contributed by atoms with Crippen LogP contribution in [0.1, 0.15) is 54.4 Å². The number of hydrogen-bond donors (Lipinski definition) is 1. The lowest BCUT2D eigenvalue weighted by Gasteiger charge is -2.35. The quantitative estimate of drug-likeness (QED) is 0.738. The van der Waals surface area contributed by atoms with Gasteiger partial charge in [0.15, 0.2) is 0 Å². The molecule has 0 aromatic carbocycles. The van der Waals surface area contributed by atoms with Gasteiger partial charge in [0.25, 0.3) is 0 Å². The van der Waals surface area contributed by atoms with Crippen LogP contribution in [-0.4, -0.2) is 23.9 Å². The van der Waals surface area contributed by atoms with Gasteiger partial charge >= 0.3 is 0 Å². The number of ether oxygens (including phenoxy) is 1. The molecule has 0 heterocycles. The highest BCUT2D eigenvalue weighted by Gasteiger charge is 2.32. The van der Waals surface area contributed by atoms with Gasteiger partial charge in [-0.1, -0.05) is 41.0 Å². The molecule has 0 aliphatic rings. The largest absolute Gasteiger partial charge is 0.390 e. The molecule has 0 aromatic rings. The van der Waals surface area contributed by atoms with E-state index in [4.69, 9.17) is 4.74 Å². The van der Waals surface area contributed by atoms with E-state index in [-0.39, 0.29) is 17.6 Å². The van der Waals surface area contributed by atoms with E-state index in [1.54, 1.807) is 0 Å². The highest BCUT2D eigenvalue weighted by Crippen LogP contribution is 2.28. The molecule has 0 saturated heterocycles. The Bertz CT molecular complexity index is 160. The molecule has 0 amide bonds. The van der Waals surface area contributed by atoms with Crippen molar-refractivity contribution in [3.05, 3.63) is 0 Å². The van der Waals surface area contributed by atoms with Gasteiger partial charge in [-0.2, -0.15) is 0 Å². The first-order chi connectivity index (χ1) is 6.82. The molecule has 0 rings (SSSR count). The lowest BCUT2D eigenvalue weighted by Crippen LogP contribution is -2.41. The van der Waals surface area contributed by atoms with E-state index >= 15 is 0 Å². The van der Waals surface area contributed by atoms with Gasteiger partial charge in [-0.25, -0.2) is 0 Å². The summed E-state index contributed by atoms with van der Waals surface area (Å²) in [6.07, 6.45) is 1.54. The summed E-state index contributed by atoms with van der Waals surface area (Å²) < 4.78 is 5.66. The zero-order valence-electron chi connectivity index (χ0n) is 11.2. The molecule has 0 saturated carbocycles. The van der Waals surface area contributed by atoms with Crippen molar-refractivity contribution in [3.8, 4) is 0 Å². The molecule has 2 heteroatoms. The van der Waals surface area contributed by atoms with Crippen molar-refractivity contribution in [1.29, 1.82) is 0 Å². The third-order valence-corrected chi connectivity index (χ3v) is 2.89. The Morgan fingerprint density at radius 3 is 2.07 bits per heavy atom. The van der Waals surface area contributed by atoms with Gasteiger partial charge < -0.3 is 9.84 Å². The second kappa shape index (κ2) is 6.49. The number of hydrogen-bond acceptors (Lipinski definition) is 2. The van der Waals surface area contributed by atoms with E-state index < -0.39 is 0 Å². The van der Waals surface area contributed by atoms with Crippen LogP contribution in [-0.2, 0) is 4.74 Å². The summed E-state index contributed by atoms with van der Waals surface area (Å²) in [7, 11) is 0. The van der Waals surface area contributed by atoms with Crippen LogP contribution in [0.15, 0.2) is 0 Å². The Morgan fingerprint density at radius 2 is 1.73 bits per heavy atom. The van der Waals surface area contributed by atoms with Crippen LogP contribution >= 0.6 is 0 Å². The molecule has 0 fully saturated rings. The van der Waals surface area contributed by atoms with Gasteiger partial charge in [0.1, 0.15) is 0 Å².